The fraction of sp³-hybridized carbons (Fsp3) is 0.824. The molecule has 1 saturated heterocycles. The second-order valence-corrected chi connectivity index (χ2v) is 6.36. The van der Waals surface area contributed by atoms with Crippen molar-refractivity contribution >= 4 is 0 Å². The molecule has 2 rings (SSSR count). The topological polar surface area (TPSA) is 33.1 Å². The maximum Gasteiger partial charge on any atom is 0.0644 e. The van der Waals surface area contributed by atoms with Crippen molar-refractivity contribution < 1.29 is 0 Å². The molecule has 2 unspecified atom stereocenters. The van der Waals surface area contributed by atoms with Gasteiger partial charge in [-0.2, -0.15) is 5.10 Å². The van der Waals surface area contributed by atoms with Gasteiger partial charge in [-0.25, -0.2) is 0 Å². The van der Waals surface area contributed by atoms with Gasteiger partial charge >= 0.3 is 0 Å². The second-order valence-electron chi connectivity index (χ2n) is 6.36. The Morgan fingerprint density at radius 3 is 2.67 bits per heavy atom. The Labute approximate surface area is 129 Å². The first-order valence-electron chi connectivity index (χ1n) is 8.59. The quantitative estimate of drug-likeness (QED) is 0.838. The molecular formula is C17H32N4. The number of aromatic nitrogens is 2. The molecule has 0 aliphatic carbocycles. The standard InChI is InChI=1S/C17H32N4/c1-6-11-20(12-16-9-8-10-18-16)14(4)17-13(3)19-21(7-2)15(17)5/h14,16,18H,6-12H2,1-5H3. The van der Waals surface area contributed by atoms with Gasteiger partial charge in [-0.05, 0) is 60.0 Å². The van der Waals surface area contributed by atoms with E-state index in [1.54, 1.807) is 0 Å². The van der Waals surface area contributed by atoms with E-state index in [1.165, 1.54) is 42.8 Å². The molecule has 120 valence electrons. The Morgan fingerprint density at radius 2 is 2.14 bits per heavy atom. The van der Waals surface area contributed by atoms with Crippen LogP contribution in [0.15, 0.2) is 0 Å². The van der Waals surface area contributed by atoms with Crippen LogP contribution in [0.25, 0.3) is 0 Å². The molecule has 0 saturated carbocycles. The van der Waals surface area contributed by atoms with E-state index in [0.29, 0.717) is 12.1 Å². The summed E-state index contributed by atoms with van der Waals surface area (Å²) < 4.78 is 2.14. The van der Waals surface area contributed by atoms with Gasteiger partial charge in [0.15, 0.2) is 0 Å². The van der Waals surface area contributed by atoms with E-state index in [2.05, 4.69) is 49.5 Å². The molecule has 0 spiro atoms. The summed E-state index contributed by atoms with van der Waals surface area (Å²) in [4.78, 5) is 2.64. The van der Waals surface area contributed by atoms with Gasteiger partial charge in [0.25, 0.3) is 0 Å². The molecule has 0 radical (unpaired) electrons. The second kappa shape index (κ2) is 7.41. The predicted molar refractivity (Wildman–Crippen MR) is 88.7 cm³/mol. The molecule has 4 heteroatoms. The van der Waals surface area contributed by atoms with Gasteiger partial charge in [-0.3, -0.25) is 9.58 Å². The first-order chi connectivity index (χ1) is 10.1. The number of nitrogens with one attached hydrogen (secondary N) is 1. The monoisotopic (exact) mass is 292 g/mol. The smallest absolute Gasteiger partial charge is 0.0644 e. The molecule has 2 atom stereocenters. The highest BCUT2D eigenvalue weighted by molar-refractivity contribution is 5.28. The van der Waals surface area contributed by atoms with Crippen molar-refractivity contribution in [3.8, 4) is 0 Å². The Morgan fingerprint density at radius 1 is 1.38 bits per heavy atom. The zero-order valence-corrected chi connectivity index (χ0v) is 14.4. The Bertz CT molecular complexity index is 446. The molecular weight excluding hydrogens is 260 g/mol. The molecule has 1 N–H and O–H groups in total. The van der Waals surface area contributed by atoms with Gasteiger partial charge in [0.2, 0.25) is 0 Å². The normalized spacial score (nSPS) is 20.4. The van der Waals surface area contributed by atoms with Gasteiger partial charge in [0, 0.05) is 36.4 Å². The molecule has 4 nitrogen and oxygen atoms in total. The van der Waals surface area contributed by atoms with Gasteiger partial charge in [-0.1, -0.05) is 6.92 Å². The minimum Gasteiger partial charge on any atom is -0.313 e. The highest BCUT2D eigenvalue weighted by atomic mass is 15.3. The van der Waals surface area contributed by atoms with Gasteiger partial charge in [0.1, 0.15) is 0 Å². The van der Waals surface area contributed by atoms with Crippen LogP contribution in [-0.4, -0.2) is 40.4 Å². The zero-order valence-electron chi connectivity index (χ0n) is 14.4. The van der Waals surface area contributed by atoms with Crippen LogP contribution in [0.2, 0.25) is 0 Å². The van der Waals surface area contributed by atoms with Crippen LogP contribution < -0.4 is 5.32 Å². The fourth-order valence-electron chi connectivity index (χ4n) is 3.73. The highest BCUT2D eigenvalue weighted by Gasteiger charge is 2.25. The average Bonchev–Trinajstić information content (AvgIpc) is 3.06. The van der Waals surface area contributed by atoms with Gasteiger partial charge in [0.05, 0.1) is 5.69 Å². The highest BCUT2D eigenvalue weighted by Crippen LogP contribution is 2.27. The van der Waals surface area contributed by atoms with Crippen molar-refractivity contribution in [1.82, 2.24) is 20.0 Å². The molecule has 21 heavy (non-hydrogen) atoms. The van der Waals surface area contributed by atoms with E-state index in [4.69, 9.17) is 5.10 Å². The van der Waals surface area contributed by atoms with Crippen LogP contribution in [0.4, 0.5) is 0 Å². The largest absolute Gasteiger partial charge is 0.313 e. The van der Waals surface area contributed by atoms with Crippen LogP contribution in [-0.2, 0) is 6.54 Å². The number of rotatable bonds is 7. The number of hydrogen-bond acceptors (Lipinski definition) is 3. The molecule has 0 amide bonds. The van der Waals surface area contributed by atoms with E-state index >= 15 is 0 Å². The molecule has 0 aromatic carbocycles. The Kier molecular flexibility index (Phi) is 5.82. The molecule has 1 aliphatic heterocycles. The van der Waals surface area contributed by atoms with E-state index in [0.717, 1.165) is 19.6 Å². The number of hydrogen-bond donors (Lipinski definition) is 1. The van der Waals surface area contributed by atoms with E-state index in [9.17, 15) is 0 Å². The first-order valence-corrected chi connectivity index (χ1v) is 8.59. The number of nitrogens with zero attached hydrogens (tertiary/aromatic N) is 3. The van der Waals surface area contributed by atoms with E-state index in [1.807, 2.05) is 0 Å². The number of aryl methyl sites for hydroxylation is 2. The van der Waals surface area contributed by atoms with Gasteiger partial charge < -0.3 is 5.32 Å². The van der Waals surface area contributed by atoms with Crippen LogP contribution in [0.3, 0.4) is 0 Å². The van der Waals surface area contributed by atoms with Gasteiger partial charge in [-0.15, -0.1) is 0 Å². The maximum atomic E-state index is 4.70. The summed E-state index contributed by atoms with van der Waals surface area (Å²) in [5, 5.41) is 8.33. The Balaban J connectivity index is 2.16. The van der Waals surface area contributed by atoms with Crippen LogP contribution in [0.5, 0.6) is 0 Å². The average molecular weight is 292 g/mol. The molecule has 1 fully saturated rings. The lowest BCUT2D eigenvalue weighted by molar-refractivity contribution is 0.191. The minimum absolute atomic E-state index is 0.452. The Hall–Kier alpha value is -0.870. The molecule has 1 aliphatic rings. The summed E-state index contributed by atoms with van der Waals surface area (Å²) in [5.74, 6) is 0. The van der Waals surface area contributed by atoms with Crippen LogP contribution in [0.1, 0.15) is 63.0 Å². The van der Waals surface area contributed by atoms with Crippen molar-refractivity contribution in [2.45, 2.75) is 72.5 Å². The summed E-state index contributed by atoms with van der Waals surface area (Å²) in [6.07, 6.45) is 3.85. The van der Waals surface area contributed by atoms with Crippen LogP contribution in [0, 0.1) is 13.8 Å². The van der Waals surface area contributed by atoms with Crippen molar-refractivity contribution in [3.63, 3.8) is 0 Å². The molecule has 0 bridgehead atoms. The minimum atomic E-state index is 0.452. The third-order valence-corrected chi connectivity index (χ3v) is 4.83. The summed E-state index contributed by atoms with van der Waals surface area (Å²) in [7, 11) is 0. The lowest BCUT2D eigenvalue weighted by Gasteiger charge is -2.31. The molecule has 1 aromatic heterocycles. The van der Waals surface area contributed by atoms with Crippen LogP contribution >= 0.6 is 0 Å². The zero-order chi connectivity index (χ0) is 15.4. The van der Waals surface area contributed by atoms with E-state index in [-0.39, 0.29) is 0 Å². The van der Waals surface area contributed by atoms with Crippen molar-refractivity contribution in [2.75, 3.05) is 19.6 Å². The van der Waals surface area contributed by atoms with Crippen molar-refractivity contribution in [2.24, 2.45) is 0 Å². The predicted octanol–water partition coefficient (Wildman–Crippen LogP) is 3.04. The summed E-state index contributed by atoms with van der Waals surface area (Å²) in [5.41, 5.74) is 3.97. The molecule has 1 aromatic rings. The maximum absolute atomic E-state index is 4.70. The first kappa shape index (κ1) is 16.5. The summed E-state index contributed by atoms with van der Waals surface area (Å²) in [6.45, 7) is 15.6. The van der Waals surface area contributed by atoms with Crippen molar-refractivity contribution in [3.05, 3.63) is 17.0 Å². The summed E-state index contributed by atoms with van der Waals surface area (Å²) in [6, 6.07) is 1.12. The summed E-state index contributed by atoms with van der Waals surface area (Å²) >= 11 is 0. The third-order valence-electron chi connectivity index (χ3n) is 4.83. The molecule has 2 heterocycles. The van der Waals surface area contributed by atoms with Crippen molar-refractivity contribution in [1.29, 1.82) is 0 Å². The van der Waals surface area contributed by atoms with E-state index < -0.39 is 0 Å². The lowest BCUT2D eigenvalue weighted by Crippen LogP contribution is -2.39. The lowest BCUT2D eigenvalue weighted by atomic mass is 10.0. The fourth-order valence-corrected chi connectivity index (χ4v) is 3.73. The SMILES string of the molecule is CCCN(CC1CCCN1)C(C)c1c(C)nn(CC)c1C. The third kappa shape index (κ3) is 3.67.